The zero-order chi connectivity index (χ0) is 18.5. The van der Waals surface area contributed by atoms with Crippen molar-refractivity contribution in [1.29, 1.82) is 0 Å². The van der Waals surface area contributed by atoms with Crippen LogP contribution in [-0.2, 0) is 10.5 Å². The molecule has 0 amide bonds. The number of thioether (sulfide) groups is 1. The number of carbonyl (C=O) groups is 1. The van der Waals surface area contributed by atoms with Crippen LogP contribution < -0.4 is 0 Å². The molecule has 134 valence electrons. The van der Waals surface area contributed by atoms with E-state index in [1.807, 2.05) is 55.6 Å². The topological polar surface area (TPSA) is 39.2 Å². The largest absolute Gasteiger partial charge is 0.454 e. The van der Waals surface area contributed by atoms with Crippen LogP contribution in [0.5, 0.6) is 0 Å². The fourth-order valence-electron chi connectivity index (χ4n) is 2.48. The van der Waals surface area contributed by atoms with Gasteiger partial charge in [0.05, 0.1) is 5.56 Å². The molecule has 1 aromatic heterocycles. The van der Waals surface area contributed by atoms with Gasteiger partial charge in [0.25, 0.3) is 0 Å². The highest BCUT2D eigenvalue weighted by molar-refractivity contribution is 8.00. The van der Waals surface area contributed by atoms with Crippen LogP contribution >= 0.6 is 34.7 Å². The Kier molecular flexibility index (Phi) is 6.35. The second-order valence-corrected chi connectivity index (χ2v) is 8.26. The number of aromatic nitrogens is 1. The van der Waals surface area contributed by atoms with Crippen LogP contribution in [0, 0.1) is 6.92 Å². The lowest BCUT2D eigenvalue weighted by molar-refractivity contribution is 0.0337. The van der Waals surface area contributed by atoms with E-state index in [0.29, 0.717) is 16.3 Å². The van der Waals surface area contributed by atoms with Gasteiger partial charge in [-0.05, 0) is 31.5 Å². The van der Waals surface area contributed by atoms with Gasteiger partial charge in [-0.1, -0.05) is 59.8 Å². The quantitative estimate of drug-likeness (QED) is 0.357. The molecule has 1 unspecified atom stereocenters. The molecule has 0 aliphatic heterocycles. The SMILES string of the molecule is Cc1csc(SCc2ccccc2C(=O)OC(C)c2ccccc2Cl)n1. The number of halogens is 1. The van der Waals surface area contributed by atoms with E-state index in [-0.39, 0.29) is 5.97 Å². The van der Waals surface area contributed by atoms with E-state index in [9.17, 15) is 4.79 Å². The van der Waals surface area contributed by atoms with Gasteiger partial charge in [0.1, 0.15) is 10.4 Å². The lowest BCUT2D eigenvalue weighted by Gasteiger charge is -2.16. The summed E-state index contributed by atoms with van der Waals surface area (Å²) >= 11 is 9.43. The van der Waals surface area contributed by atoms with Crippen LogP contribution in [0.2, 0.25) is 5.02 Å². The summed E-state index contributed by atoms with van der Waals surface area (Å²) in [4.78, 5) is 17.1. The molecule has 3 aromatic rings. The fraction of sp³-hybridized carbons (Fsp3) is 0.200. The Hall–Kier alpha value is -1.82. The van der Waals surface area contributed by atoms with Crippen LogP contribution in [0.4, 0.5) is 0 Å². The molecule has 0 bridgehead atoms. The number of ether oxygens (including phenoxy) is 1. The van der Waals surface area contributed by atoms with Crippen molar-refractivity contribution in [2.75, 3.05) is 0 Å². The summed E-state index contributed by atoms with van der Waals surface area (Å²) in [5.41, 5.74) is 3.32. The summed E-state index contributed by atoms with van der Waals surface area (Å²) in [6, 6.07) is 14.9. The Labute approximate surface area is 166 Å². The number of aryl methyl sites for hydroxylation is 1. The first-order valence-electron chi connectivity index (χ1n) is 8.13. The molecule has 3 nitrogen and oxygen atoms in total. The third-order valence-corrected chi connectivity index (χ3v) is 6.35. The van der Waals surface area contributed by atoms with Crippen molar-refractivity contribution in [1.82, 2.24) is 4.98 Å². The number of benzene rings is 2. The minimum Gasteiger partial charge on any atom is -0.454 e. The first kappa shape index (κ1) is 19.0. The van der Waals surface area contributed by atoms with Crippen LogP contribution in [0.3, 0.4) is 0 Å². The number of rotatable bonds is 6. The summed E-state index contributed by atoms with van der Waals surface area (Å²) in [6.45, 7) is 3.80. The molecular weight excluding hydrogens is 386 g/mol. The van der Waals surface area contributed by atoms with Crippen molar-refractivity contribution in [3.05, 3.63) is 81.3 Å². The molecular formula is C20H18ClNO2S2. The summed E-state index contributed by atoms with van der Waals surface area (Å²) in [6.07, 6.45) is -0.418. The van der Waals surface area contributed by atoms with Crippen molar-refractivity contribution in [3.63, 3.8) is 0 Å². The van der Waals surface area contributed by atoms with E-state index < -0.39 is 6.10 Å². The summed E-state index contributed by atoms with van der Waals surface area (Å²) in [7, 11) is 0. The Balaban J connectivity index is 1.72. The molecule has 0 N–H and O–H groups in total. The lowest BCUT2D eigenvalue weighted by Crippen LogP contribution is -2.11. The number of carbonyl (C=O) groups excluding carboxylic acids is 1. The molecule has 0 fully saturated rings. The smallest absolute Gasteiger partial charge is 0.339 e. The molecule has 6 heteroatoms. The van der Waals surface area contributed by atoms with Gasteiger partial charge in [-0.25, -0.2) is 9.78 Å². The second kappa shape index (κ2) is 8.71. The van der Waals surface area contributed by atoms with Crippen molar-refractivity contribution in [3.8, 4) is 0 Å². The van der Waals surface area contributed by atoms with E-state index in [4.69, 9.17) is 16.3 Å². The van der Waals surface area contributed by atoms with Gasteiger partial charge in [-0.15, -0.1) is 11.3 Å². The second-order valence-electron chi connectivity index (χ2n) is 5.77. The Bertz CT molecular complexity index is 910. The van der Waals surface area contributed by atoms with Gasteiger partial charge >= 0.3 is 5.97 Å². The third kappa shape index (κ3) is 4.67. The molecule has 0 aliphatic rings. The molecule has 0 saturated carbocycles. The van der Waals surface area contributed by atoms with E-state index in [2.05, 4.69) is 4.98 Å². The van der Waals surface area contributed by atoms with Crippen LogP contribution in [0.15, 0.2) is 58.3 Å². The average Bonchev–Trinajstić information content (AvgIpc) is 3.05. The lowest BCUT2D eigenvalue weighted by atomic mass is 10.1. The van der Waals surface area contributed by atoms with E-state index >= 15 is 0 Å². The van der Waals surface area contributed by atoms with Crippen molar-refractivity contribution in [2.45, 2.75) is 30.0 Å². The normalized spacial score (nSPS) is 12.0. The van der Waals surface area contributed by atoms with Gasteiger partial charge in [-0.3, -0.25) is 0 Å². The van der Waals surface area contributed by atoms with Gasteiger partial charge in [0, 0.05) is 27.4 Å². The maximum Gasteiger partial charge on any atom is 0.339 e. The van der Waals surface area contributed by atoms with E-state index in [0.717, 1.165) is 21.2 Å². The highest BCUT2D eigenvalue weighted by Gasteiger charge is 2.18. The first-order chi connectivity index (χ1) is 12.5. The van der Waals surface area contributed by atoms with Crippen LogP contribution in [0.25, 0.3) is 0 Å². The molecule has 0 aliphatic carbocycles. The monoisotopic (exact) mass is 403 g/mol. The van der Waals surface area contributed by atoms with Gasteiger partial charge in [0.15, 0.2) is 0 Å². The molecule has 0 radical (unpaired) electrons. The number of thiazole rings is 1. The van der Waals surface area contributed by atoms with Crippen LogP contribution in [-0.4, -0.2) is 11.0 Å². The number of esters is 1. The fourth-order valence-corrected chi connectivity index (χ4v) is 4.62. The summed E-state index contributed by atoms with van der Waals surface area (Å²) in [5, 5.41) is 2.61. The predicted molar refractivity (Wildman–Crippen MR) is 108 cm³/mol. The zero-order valence-electron chi connectivity index (χ0n) is 14.4. The highest BCUT2D eigenvalue weighted by atomic mass is 35.5. The van der Waals surface area contributed by atoms with Gasteiger partial charge in [-0.2, -0.15) is 0 Å². The standard InChI is InChI=1S/C20H18ClNO2S2/c1-13-11-25-20(22-13)26-12-15-7-3-4-9-17(15)19(23)24-14(2)16-8-5-6-10-18(16)21/h3-11,14H,12H2,1-2H3. The molecule has 0 saturated heterocycles. The molecule has 26 heavy (non-hydrogen) atoms. The maximum absolute atomic E-state index is 12.7. The third-order valence-electron chi connectivity index (χ3n) is 3.81. The van der Waals surface area contributed by atoms with Gasteiger partial charge < -0.3 is 4.74 Å². The predicted octanol–water partition coefficient (Wildman–Crippen LogP) is 6.32. The molecule has 1 atom stereocenters. The molecule has 3 rings (SSSR count). The molecule has 1 heterocycles. The van der Waals surface area contributed by atoms with E-state index in [1.54, 1.807) is 35.2 Å². The van der Waals surface area contributed by atoms with Gasteiger partial charge in [0.2, 0.25) is 0 Å². The summed E-state index contributed by atoms with van der Waals surface area (Å²) < 4.78 is 6.65. The zero-order valence-corrected chi connectivity index (χ0v) is 16.8. The average molecular weight is 404 g/mol. The van der Waals surface area contributed by atoms with E-state index in [1.165, 1.54) is 0 Å². The van der Waals surface area contributed by atoms with Crippen molar-refractivity contribution < 1.29 is 9.53 Å². The van der Waals surface area contributed by atoms with Crippen LogP contribution in [0.1, 0.15) is 40.2 Å². The minimum atomic E-state index is -0.418. The number of nitrogens with zero attached hydrogens (tertiary/aromatic N) is 1. The summed E-state index contributed by atoms with van der Waals surface area (Å²) in [5.74, 6) is 0.322. The number of hydrogen-bond acceptors (Lipinski definition) is 5. The van der Waals surface area contributed by atoms with Crippen molar-refractivity contribution in [2.24, 2.45) is 0 Å². The minimum absolute atomic E-state index is 0.344. The maximum atomic E-state index is 12.7. The highest BCUT2D eigenvalue weighted by Crippen LogP contribution is 2.29. The van der Waals surface area contributed by atoms with Crippen molar-refractivity contribution >= 4 is 40.7 Å². The molecule has 2 aromatic carbocycles. The Morgan fingerprint density at radius 1 is 1.23 bits per heavy atom. The number of hydrogen-bond donors (Lipinski definition) is 0. The first-order valence-corrected chi connectivity index (χ1v) is 10.4. The Morgan fingerprint density at radius 3 is 2.69 bits per heavy atom. The molecule has 0 spiro atoms. The Morgan fingerprint density at radius 2 is 1.96 bits per heavy atom.